The fourth-order valence-electron chi connectivity index (χ4n) is 4.68. The number of piperidine rings is 1. The van der Waals surface area contributed by atoms with E-state index in [9.17, 15) is 19.2 Å². The molecule has 5 rings (SSSR count). The van der Waals surface area contributed by atoms with Crippen LogP contribution in [0.2, 0.25) is 0 Å². The molecule has 2 aromatic carbocycles. The molecular weight excluding hydrogens is 460 g/mol. The monoisotopic (exact) mass is 483 g/mol. The Hall–Kier alpha value is -3.59. The van der Waals surface area contributed by atoms with Crippen LogP contribution >= 0.6 is 0 Å². The summed E-state index contributed by atoms with van der Waals surface area (Å²) in [4.78, 5) is 52.0. The van der Waals surface area contributed by atoms with E-state index in [0.29, 0.717) is 24.3 Å². The zero-order valence-corrected chi connectivity index (χ0v) is 19.5. The van der Waals surface area contributed by atoms with E-state index in [0.717, 1.165) is 16.7 Å². The molecule has 4 amide bonds. The number of nitrogens with zero attached hydrogens (tertiary/aromatic N) is 2. The smallest absolute Gasteiger partial charge is 0.255 e. The minimum Gasteiger partial charge on any atom is -0.489 e. The molecule has 11 heteroatoms. The number of imide groups is 1. The van der Waals surface area contributed by atoms with E-state index in [-0.39, 0.29) is 43.9 Å². The van der Waals surface area contributed by atoms with Crippen molar-refractivity contribution in [2.24, 2.45) is 0 Å². The third-order valence-electron chi connectivity index (χ3n) is 6.68. The van der Waals surface area contributed by atoms with Gasteiger partial charge in [0.25, 0.3) is 5.91 Å². The molecule has 3 heterocycles. The number of amides is 4. The van der Waals surface area contributed by atoms with Crippen LogP contribution in [0.4, 0.5) is 0 Å². The Morgan fingerprint density at radius 2 is 1.78 bits per heavy atom. The second kappa shape index (κ2) is 9.81. The first-order chi connectivity index (χ1) is 17.3. The highest BCUT2D eigenvalue weighted by atomic mass is 16.5. The predicted octanol–water partition coefficient (Wildman–Crippen LogP) is 0.375. The van der Waals surface area contributed by atoms with Gasteiger partial charge in [-0.15, -0.1) is 0 Å². The van der Waals surface area contributed by atoms with Gasteiger partial charge in [0.1, 0.15) is 34.1 Å². The number of benzene rings is 2. The van der Waals surface area contributed by atoms with Crippen molar-refractivity contribution < 1.29 is 28.7 Å². The molecule has 3 atom stereocenters. The maximum atomic E-state index is 13.0. The van der Waals surface area contributed by atoms with Crippen molar-refractivity contribution in [1.82, 2.24) is 15.1 Å². The highest BCUT2D eigenvalue weighted by Gasteiger charge is 2.40. The second-order valence-electron chi connectivity index (χ2n) is 9.07. The third kappa shape index (κ3) is 4.63. The Kier molecular flexibility index (Phi) is 6.57. The van der Waals surface area contributed by atoms with Gasteiger partial charge in [0.2, 0.25) is 17.7 Å². The molecule has 0 saturated carbocycles. The fraction of sp³-hybridized carbons (Fsp3) is 0.360. The molecular formula is C25H23B2N3O6. The normalized spacial score (nSPS) is 24.1. The number of fused-ring (bicyclic) bond motifs is 1. The van der Waals surface area contributed by atoms with Gasteiger partial charge in [0.15, 0.2) is 0 Å². The number of hydrogen-bond acceptors (Lipinski definition) is 6. The summed E-state index contributed by atoms with van der Waals surface area (Å²) in [5, 5.41) is 2.31. The van der Waals surface area contributed by atoms with Crippen LogP contribution in [0.15, 0.2) is 42.5 Å². The molecule has 0 aromatic heterocycles. The van der Waals surface area contributed by atoms with Crippen LogP contribution in [0, 0.1) is 0 Å². The van der Waals surface area contributed by atoms with E-state index in [1.54, 1.807) is 18.2 Å². The van der Waals surface area contributed by atoms with Crippen LogP contribution in [0.1, 0.15) is 39.9 Å². The van der Waals surface area contributed by atoms with Crippen molar-refractivity contribution in [3.05, 3.63) is 64.7 Å². The van der Waals surface area contributed by atoms with Gasteiger partial charge < -0.3 is 19.3 Å². The Labute approximate surface area is 210 Å². The molecule has 1 N–H and O–H groups in total. The molecule has 3 unspecified atom stereocenters. The molecule has 9 nitrogen and oxygen atoms in total. The summed E-state index contributed by atoms with van der Waals surface area (Å²) >= 11 is 0. The first-order valence-electron chi connectivity index (χ1n) is 11.7. The van der Waals surface area contributed by atoms with Gasteiger partial charge in [-0.25, -0.2) is 0 Å². The van der Waals surface area contributed by atoms with Gasteiger partial charge >= 0.3 is 0 Å². The van der Waals surface area contributed by atoms with Gasteiger partial charge in [-0.3, -0.25) is 24.5 Å². The molecule has 2 fully saturated rings. The van der Waals surface area contributed by atoms with Crippen LogP contribution in [0.3, 0.4) is 0 Å². The highest BCUT2D eigenvalue weighted by molar-refractivity contribution is 6.24. The Bertz CT molecular complexity index is 1220. The first kappa shape index (κ1) is 24.1. The first-order valence-corrected chi connectivity index (χ1v) is 11.7. The van der Waals surface area contributed by atoms with Gasteiger partial charge in [-0.05, 0) is 29.7 Å². The minimum absolute atomic E-state index is 0.184. The van der Waals surface area contributed by atoms with Crippen molar-refractivity contribution in [2.45, 2.75) is 50.5 Å². The molecule has 3 aliphatic heterocycles. The topological polar surface area (TPSA) is 105 Å². The molecule has 180 valence electrons. The number of ether oxygens (including phenoxy) is 2. The summed E-state index contributed by atoms with van der Waals surface area (Å²) in [5.74, 6) is -1.35. The van der Waals surface area contributed by atoms with E-state index >= 15 is 0 Å². The average Bonchev–Trinajstić information content (AvgIpc) is 3.20. The Morgan fingerprint density at radius 1 is 1.03 bits per heavy atom. The molecule has 4 radical (unpaired) electrons. The Balaban J connectivity index is 1.23. The minimum atomic E-state index is -0.997. The Morgan fingerprint density at radius 3 is 2.53 bits per heavy atom. The molecule has 2 aromatic rings. The zero-order chi connectivity index (χ0) is 25.4. The standard InChI is InChI=1S/C25H23B2N3O6/c26-20-13-36-22(27)25(34)30(20)10-14-4-6-15(7-5-14)12-35-19-3-1-2-16-17(19)11-29(24(16)33)18-8-9-21(31)28-23(18)32/h1-7,18,20,22H,8-13H2,(H,28,31,32). The largest absolute Gasteiger partial charge is 0.489 e. The van der Waals surface area contributed by atoms with E-state index in [1.165, 1.54) is 9.80 Å². The van der Waals surface area contributed by atoms with Crippen molar-refractivity contribution >= 4 is 39.3 Å². The SMILES string of the molecule is [B]C1OCC([B])N(Cc2ccc(COc3cccc4c3CN(C3CCC(=O)NC3=O)C4=O)cc2)C1=O. The van der Waals surface area contributed by atoms with Crippen molar-refractivity contribution in [3.8, 4) is 5.75 Å². The lowest BCUT2D eigenvalue weighted by atomic mass is 9.88. The number of nitrogens with one attached hydrogen (secondary N) is 1. The predicted molar refractivity (Wildman–Crippen MR) is 129 cm³/mol. The van der Waals surface area contributed by atoms with Crippen molar-refractivity contribution in [3.63, 3.8) is 0 Å². The number of hydrogen-bond donors (Lipinski definition) is 1. The van der Waals surface area contributed by atoms with E-state index in [1.807, 2.05) is 24.3 Å². The highest BCUT2D eigenvalue weighted by Crippen LogP contribution is 2.34. The van der Waals surface area contributed by atoms with E-state index in [4.69, 9.17) is 25.2 Å². The van der Waals surface area contributed by atoms with Crippen LogP contribution in [0.5, 0.6) is 5.75 Å². The van der Waals surface area contributed by atoms with Crippen LogP contribution in [0.25, 0.3) is 0 Å². The van der Waals surface area contributed by atoms with Gasteiger partial charge in [-0.2, -0.15) is 0 Å². The summed E-state index contributed by atoms with van der Waals surface area (Å²) in [7, 11) is 11.7. The lowest BCUT2D eigenvalue weighted by Gasteiger charge is -2.37. The van der Waals surface area contributed by atoms with Crippen LogP contribution in [-0.2, 0) is 38.8 Å². The quantitative estimate of drug-likeness (QED) is 0.471. The number of carbonyl (C=O) groups is 4. The molecule has 0 bridgehead atoms. The summed E-state index contributed by atoms with van der Waals surface area (Å²) < 4.78 is 11.2. The number of morpholine rings is 1. The maximum absolute atomic E-state index is 13.0. The number of carbonyl (C=O) groups excluding carboxylic acids is 4. The maximum Gasteiger partial charge on any atom is 0.255 e. The van der Waals surface area contributed by atoms with Crippen LogP contribution < -0.4 is 10.1 Å². The summed E-state index contributed by atoms with van der Waals surface area (Å²) in [6.45, 7) is 1.02. The molecule has 2 saturated heterocycles. The lowest BCUT2D eigenvalue weighted by Crippen LogP contribution is -2.53. The second-order valence-corrected chi connectivity index (χ2v) is 9.07. The molecule has 0 aliphatic carbocycles. The summed E-state index contributed by atoms with van der Waals surface area (Å²) in [6.07, 6.45) is 0.508. The lowest BCUT2D eigenvalue weighted by molar-refractivity contribution is -0.149. The molecule has 36 heavy (non-hydrogen) atoms. The summed E-state index contributed by atoms with van der Waals surface area (Å²) in [6, 6.07) is 11.2. The van der Waals surface area contributed by atoms with Crippen LogP contribution in [-0.4, -0.2) is 73.7 Å². The fourth-order valence-corrected chi connectivity index (χ4v) is 4.68. The van der Waals surface area contributed by atoms with Gasteiger partial charge in [0, 0.05) is 30.0 Å². The molecule has 3 aliphatic rings. The third-order valence-corrected chi connectivity index (χ3v) is 6.68. The van der Waals surface area contributed by atoms with E-state index < -0.39 is 23.9 Å². The van der Waals surface area contributed by atoms with Crippen molar-refractivity contribution in [1.29, 1.82) is 0 Å². The van der Waals surface area contributed by atoms with E-state index in [2.05, 4.69) is 5.32 Å². The van der Waals surface area contributed by atoms with Gasteiger partial charge in [0.05, 0.1) is 19.2 Å². The number of rotatable bonds is 6. The summed E-state index contributed by atoms with van der Waals surface area (Å²) in [5.41, 5.74) is 3.01. The van der Waals surface area contributed by atoms with Gasteiger partial charge in [-0.1, -0.05) is 30.3 Å². The zero-order valence-electron chi connectivity index (χ0n) is 19.5. The molecule has 0 spiro atoms. The average molecular weight is 483 g/mol. The van der Waals surface area contributed by atoms with Crippen molar-refractivity contribution in [2.75, 3.05) is 6.61 Å².